The topological polar surface area (TPSA) is 94.0 Å². The van der Waals surface area contributed by atoms with Gasteiger partial charge in [0.2, 0.25) is 17.6 Å². The normalized spacial score (nSPS) is 12.4. The Balaban J connectivity index is 1.97. The van der Waals surface area contributed by atoms with Crippen LogP contribution in [0.4, 0.5) is 0 Å². The molecule has 0 fully saturated rings. The maximum atomic E-state index is 11.8. The Morgan fingerprint density at radius 3 is 2.59 bits per heavy atom. The molecule has 3 N–H and O–H groups in total. The molecule has 0 unspecified atom stereocenters. The predicted octanol–water partition coefficient (Wildman–Crippen LogP) is 1.90. The molecule has 22 heavy (non-hydrogen) atoms. The zero-order valence-electron chi connectivity index (χ0n) is 13.2. The van der Waals surface area contributed by atoms with Crippen molar-refractivity contribution < 1.29 is 9.32 Å². The van der Waals surface area contributed by atoms with Crippen LogP contribution in [0, 0.1) is 5.92 Å². The third kappa shape index (κ3) is 3.92. The van der Waals surface area contributed by atoms with Gasteiger partial charge in [-0.2, -0.15) is 4.98 Å². The predicted molar refractivity (Wildman–Crippen MR) is 83.8 cm³/mol. The molecule has 0 aliphatic rings. The molecule has 6 heteroatoms. The van der Waals surface area contributed by atoms with Gasteiger partial charge in [-0.25, -0.2) is 0 Å². The van der Waals surface area contributed by atoms with E-state index in [1.165, 1.54) is 5.56 Å². The molecule has 1 heterocycles. The highest BCUT2D eigenvalue weighted by molar-refractivity contribution is 5.81. The van der Waals surface area contributed by atoms with E-state index in [0.717, 1.165) is 12.0 Å². The lowest BCUT2D eigenvalue weighted by Crippen LogP contribution is -2.43. The number of amides is 1. The Morgan fingerprint density at radius 1 is 1.32 bits per heavy atom. The van der Waals surface area contributed by atoms with Crippen LogP contribution in [-0.4, -0.2) is 22.1 Å². The molecular formula is C16H22N4O2. The number of aromatic nitrogens is 2. The summed E-state index contributed by atoms with van der Waals surface area (Å²) < 4.78 is 5.15. The van der Waals surface area contributed by atoms with Crippen LogP contribution in [0.5, 0.6) is 0 Å². The summed E-state index contributed by atoms with van der Waals surface area (Å²) in [4.78, 5) is 16.1. The molecule has 1 aromatic carbocycles. The monoisotopic (exact) mass is 302 g/mol. The van der Waals surface area contributed by atoms with Crippen LogP contribution in [0.15, 0.2) is 28.8 Å². The van der Waals surface area contributed by atoms with E-state index in [1.807, 2.05) is 38.1 Å². The van der Waals surface area contributed by atoms with Crippen molar-refractivity contribution in [3.63, 3.8) is 0 Å². The molecule has 0 spiro atoms. The largest absolute Gasteiger partial charge is 0.346 e. The lowest BCUT2D eigenvalue weighted by atomic mass is 10.1. The van der Waals surface area contributed by atoms with Crippen LogP contribution in [0.2, 0.25) is 0 Å². The zero-order valence-corrected chi connectivity index (χ0v) is 13.2. The number of nitrogens with zero attached hydrogens (tertiary/aromatic N) is 2. The van der Waals surface area contributed by atoms with Crippen molar-refractivity contribution in [2.24, 2.45) is 11.7 Å². The third-order valence-electron chi connectivity index (χ3n) is 3.52. The number of hydrogen-bond acceptors (Lipinski definition) is 5. The molecule has 118 valence electrons. The fourth-order valence-electron chi connectivity index (χ4n) is 1.92. The lowest BCUT2D eigenvalue weighted by Gasteiger charge is -2.14. The minimum Gasteiger partial charge on any atom is -0.346 e. The molecule has 0 radical (unpaired) electrons. The second-order valence-corrected chi connectivity index (χ2v) is 5.55. The molecule has 2 aromatic rings. The molecule has 1 amide bonds. The second-order valence-electron chi connectivity index (χ2n) is 5.55. The number of hydrogen-bond donors (Lipinski definition) is 2. The summed E-state index contributed by atoms with van der Waals surface area (Å²) in [6.07, 6.45) is 0.986. The van der Waals surface area contributed by atoms with Gasteiger partial charge in [-0.1, -0.05) is 50.2 Å². The Labute approximate surface area is 130 Å². The van der Waals surface area contributed by atoms with Crippen LogP contribution in [0.3, 0.4) is 0 Å². The average Bonchev–Trinajstić information content (AvgIpc) is 3.00. The molecule has 1 aromatic heterocycles. The highest BCUT2D eigenvalue weighted by Gasteiger charge is 2.17. The molecule has 2 rings (SSSR count). The van der Waals surface area contributed by atoms with Crippen molar-refractivity contribution in [2.45, 2.75) is 39.8 Å². The fourth-order valence-corrected chi connectivity index (χ4v) is 1.92. The molecule has 0 saturated heterocycles. The number of rotatable bonds is 6. The van der Waals surface area contributed by atoms with Gasteiger partial charge in [0.15, 0.2) is 0 Å². The zero-order chi connectivity index (χ0) is 16.1. The van der Waals surface area contributed by atoms with E-state index in [1.54, 1.807) is 0 Å². The van der Waals surface area contributed by atoms with E-state index < -0.39 is 6.04 Å². The number of carbonyl (C=O) groups excluding carboxylic acids is 1. The Hall–Kier alpha value is -2.21. The standard InChI is InChI=1S/C16H22N4O2/c1-4-11-5-7-12(8-6-11)15-19-13(22-20-15)9-18-16(21)14(17)10(2)3/h5-8,10,14H,4,9,17H2,1-3H3,(H,18,21)/t14-/m0/s1. The summed E-state index contributed by atoms with van der Waals surface area (Å²) >= 11 is 0. The maximum Gasteiger partial charge on any atom is 0.246 e. The first kappa shape index (κ1) is 16.2. The number of nitrogens with one attached hydrogen (secondary N) is 1. The summed E-state index contributed by atoms with van der Waals surface area (Å²) in [7, 11) is 0. The summed E-state index contributed by atoms with van der Waals surface area (Å²) in [5, 5.41) is 6.63. The van der Waals surface area contributed by atoms with Gasteiger partial charge in [-0.05, 0) is 17.9 Å². The number of benzene rings is 1. The van der Waals surface area contributed by atoms with Gasteiger partial charge in [0, 0.05) is 5.56 Å². The average molecular weight is 302 g/mol. The minimum atomic E-state index is -0.538. The van der Waals surface area contributed by atoms with Crippen molar-refractivity contribution in [2.75, 3.05) is 0 Å². The van der Waals surface area contributed by atoms with Gasteiger partial charge in [0.25, 0.3) is 0 Å². The quantitative estimate of drug-likeness (QED) is 0.850. The smallest absolute Gasteiger partial charge is 0.246 e. The van der Waals surface area contributed by atoms with Crippen molar-refractivity contribution in [3.8, 4) is 11.4 Å². The van der Waals surface area contributed by atoms with Gasteiger partial charge in [-0.3, -0.25) is 4.79 Å². The number of carbonyl (C=O) groups is 1. The minimum absolute atomic E-state index is 0.0790. The van der Waals surface area contributed by atoms with Crippen LogP contribution >= 0.6 is 0 Å². The molecule has 0 aliphatic carbocycles. The van der Waals surface area contributed by atoms with Crippen LogP contribution in [0.1, 0.15) is 32.2 Å². The molecular weight excluding hydrogens is 280 g/mol. The summed E-state index contributed by atoms with van der Waals surface area (Å²) in [5.41, 5.74) is 7.91. The van der Waals surface area contributed by atoms with E-state index in [2.05, 4.69) is 22.4 Å². The third-order valence-corrected chi connectivity index (χ3v) is 3.52. The molecule has 0 saturated carbocycles. The molecule has 6 nitrogen and oxygen atoms in total. The summed E-state index contributed by atoms with van der Waals surface area (Å²) in [6, 6.07) is 7.45. The number of nitrogens with two attached hydrogens (primary N) is 1. The Bertz CT molecular complexity index is 619. The number of aryl methyl sites for hydroxylation is 1. The van der Waals surface area contributed by atoms with Crippen molar-refractivity contribution in [1.29, 1.82) is 0 Å². The first-order valence-corrected chi connectivity index (χ1v) is 7.46. The maximum absolute atomic E-state index is 11.8. The van der Waals surface area contributed by atoms with Gasteiger partial charge in [0.1, 0.15) is 0 Å². The van der Waals surface area contributed by atoms with Crippen LogP contribution in [-0.2, 0) is 17.8 Å². The van der Waals surface area contributed by atoms with Crippen molar-refractivity contribution in [3.05, 3.63) is 35.7 Å². The van der Waals surface area contributed by atoms with Crippen molar-refractivity contribution >= 4 is 5.91 Å². The van der Waals surface area contributed by atoms with Gasteiger partial charge in [0.05, 0.1) is 12.6 Å². The second kappa shape index (κ2) is 7.17. The Morgan fingerprint density at radius 2 is 2.00 bits per heavy atom. The van der Waals surface area contributed by atoms with E-state index in [9.17, 15) is 4.79 Å². The van der Waals surface area contributed by atoms with Gasteiger partial charge < -0.3 is 15.6 Å². The highest BCUT2D eigenvalue weighted by Crippen LogP contribution is 2.16. The molecule has 0 aliphatic heterocycles. The van der Waals surface area contributed by atoms with E-state index >= 15 is 0 Å². The van der Waals surface area contributed by atoms with Gasteiger partial charge >= 0.3 is 0 Å². The molecule has 1 atom stereocenters. The molecule has 0 bridgehead atoms. The summed E-state index contributed by atoms with van der Waals surface area (Å²) in [6.45, 7) is 6.08. The van der Waals surface area contributed by atoms with Crippen LogP contribution in [0.25, 0.3) is 11.4 Å². The fraction of sp³-hybridized carbons (Fsp3) is 0.438. The van der Waals surface area contributed by atoms with E-state index in [4.69, 9.17) is 10.3 Å². The van der Waals surface area contributed by atoms with Crippen molar-refractivity contribution in [1.82, 2.24) is 15.5 Å². The van der Waals surface area contributed by atoms with Crippen LogP contribution < -0.4 is 11.1 Å². The van der Waals surface area contributed by atoms with E-state index in [-0.39, 0.29) is 18.4 Å². The first-order chi connectivity index (χ1) is 10.5. The van der Waals surface area contributed by atoms with Gasteiger partial charge in [-0.15, -0.1) is 0 Å². The summed E-state index contributed by atoms with van der Waals surface area (Å²) in [5.74, 6) is 0.733. The van der Waals surface area contributed by atoms with E-state index in [0.29, 0.717) is 11.7 Å². The SMILES string of the molecule is CCc1ccc(-c2noc(CNC(=O)[C@@H](N)C(C)C)n2)cc1. The lowest BCUT2D eigenvalue weighted by molar-refractivity contribution is -0.123. The first-order valence-electron chi connectivity index (χ1n) is 7.46. The highest BCUT2D eigenvalue weighted by atomic mass is 16.5. The Kier molecular flexibility index (Phi) is 5.27.